The first-order chi connectivity index (χ1) is 11.6. The Bertz CT molecular complexity index is 533. The maximum Gasteiger partial charge on any atom is 0.310 e. The number of nitrogens with two attached hydrogens (primary N) is 1. The predicted octanol–water partition coefficient (Wildman–Crippen LogP) is 1.50. The van der Waals surface area contributed by atoms with Crippen LogP contribution in [0.3, 0.4) is 0 Å². The zero-order valence-electron chi connectivity index (χ0n) is 14.7. The number of hydrogen-bond donors (Lipinski definition) is 1. The first kappa shape index (κ1) is 18.5. The van der Waals surface area contributed by atoms with E-state index in [9.17, 15) is 9.59 Å². The Kier molecular flexibility index (Phi) is 7.25. The molecule has 1 aliphatic rings. The van der Waals surface area contributed by atoms with Crippen molar-refractivity contribution < 1.29 is 19.6 Å². The first-order valence-electron chi connectivity index (χ1n) is 8.94. The summed E-state index contributed by atoms with van der Waals surface area (Å²) in [4.78, 5) is 26.1. The summed E-state index contributed by atoms with van der Waals surface area (Å²) in [7, 11) is 0. The standard InChI is InChI=1S/C19H28N2O3/c1-3-24-19(23)17-10-7-13-21(14-17)18(22)11-12-20-15(2)16-8-5-4-6-9-16/h4-6,8-9,15,17,20H,3,7,10-14H2,1-2H3/p+1/t15-,17+/m0/s1. The van der Waals surface area contributed by atoms with Crippen LogP contribution in [0.1, 0.15) is 44.7 Å². The second-order valence-corrected chi connectivity index (χ2v) is 6.40. The van der Waals surface area contributed by atoms with Gasteiger partial charge in [-0.1, -0.05) is 30.3 Å². The Morgan fingerprint density at radius 3 is 2.79 bits per heavy atom. The van der Waals surface area contributed by atoms with E-state index in [4.69, 9.17) is 4.74 Å². The molecule has 0 spiro atoms. The number of carbonyl (C=O) groups is 2. The molecule has 2 atom stereocenters. The van der Waals surface area contributed by atoms with E-state index in [1.54, 1.807) is 0 Å². The Morgan fingerprint density at radius 1 is 1.33 bits per heavy atom. The van der Waals surface area contributed by atoms with Gasteiger partial charge in [0.05, 0.1) is 25.5 Å². The SMILES string of the molecule is CCOC(=O)[C@@H]1CCCN(C(=O)CC[NH2+][C@@H](C)c2ccccc2)C1. The molecule has 0 bridgehead atoms. The minimum Gasteiger partial charge on any atom is -0.466 e. The highest BCUT2D eigenvalue weighted by atomic mass is 16.5. The fraction of sp³-hybridized carbons (Fsp3) is 0.579. The molecule has 1 saturated heterocycles. The van der Waals surface area contributed by atoms with Gasteiger partial charge >= 0.3 is 5.97 Å². The third kappa shape index (κ3) is 5.34. The highest BCUT2D eigenvalue weighted by Crippen LogP contribution is 2.18. The monoisotopic (exact) mass is 333 g/mol. The molecule has 1 heterocycles. The Morgan fingerprint density at radius 2 is 2.08 bits per heavy atom. The van der Waals surface area contributed by atoms with Gasteiger partial charge in [0.1, 0.15) is 6.04 Å². The number of carbonyl (C=O) groups excluding carboxylic acids is 2. The fourth-order valence-corrected chi connectivity index (χ4v) is 3.16. The van der Waals surface area contributed by atoms with Crippen molar-refractivity contribution in [1.29, 1.82) is 0 Å². The number of piperidine rings is 1. The molecule has 1 amide bonds. The summed E-state index contributed by atoms with van der Waals surface area (Å²) in [5.41, 5.74) is 1.27. The Balaban J connectivity index is 1.75. The van der Waals surface area contributed by atoms with Crippen molar-refractivity contribution in [1.82, 2.24) is 4.90 Å². The quantitative estimate of drug-likeness (QED) is 0.769. The molecular weight excluding hydrogens is 304 g/mol. The fourth-order valence-electron chi connectivity index (χ4n) is 3.16. The van der Waals surface area contributed by atoms with Crippen LogP contribution in [0.2, 0.25) is 0 Å². The summed E-state index contributed by atoms with van der Waals surface area (Å²) in [5.74, 6) is -0.186. The van der Waals surface area contributed by atoms with Crippen LogP contribution in [0.4, 0.5) is 0 Å². The van der Waals surface area contributed by atoms with Crippen LogP contribution in [0, 0.1) is 5.92 Å². The number of esters is 1. The van der Waals surface area contributed by atoms with E-state index in [0.29, 0.717) is 25.6 Å². The molecule has 0 aliphatic carbocycles. The molecule has 24 heavy (non-hydrogen) atoms. The molecule has 1 fully saturated rings. The number of ether oxygens (including phenoxy) is 1. The lowest BCUT2D eigenvalue weighted by Gasteiger charge is -2.31. The van der Waals surface area contributed by atoms with Crippen molar-refractivity contribution in [2.45, 2.75) is 39.2 Å². The van der Waals surface area contributed by atoms with E-state index in [-0.39, 0.29) is 17.8 Å². The number of benzene rings is 1. The summed E-state index contributed by atoms with van der Waals surface area (Å²) >= 11 is 0. The molecule has 2 rings (SSSR count). The number of hydrogen-bond acceptors (Lipinski definition) is 3. The Labute approximate surface area is 144 Å². The van der Waals surface area contributed by atoms with Crippen molar-refractivity contribution in [2.24, 2.45) is 5.92 Å². The van der Waals surface area contributed by atoms with Crippen molar-refractivity contribution in [3.05, 3.63) is 35.9 Å². The van der Waals surface area contributed by atoms with Crippen LogP contribution in [0.15, 0.2) is 30.3 Å². The molecule has 5 heteroatoms. The van der Waals surface area contributed by atoms with Crippen molar-refractivity contribution >= 4 is 11.9 Å². The molecule has 0 unspecified atom stereocenters. The third-order valence-electron chi connectivity index (χ3n) is 4.60. The maximum absolute atomic E-state index is 12.4. The largest absolute Gasteiger partial charge is 0.466 e. The lowest BCUT2D eigenvalue weighted by Crippen LogP contribution is -2.85. The molecule has 1 aromatic rings. The van der Waals surface area contributed by atoms with Gasteiger partial charge in [-0.2, -0.15) is 0 Å². The topological polar surface area (TPSA) is 63.2 Å². The third-order valence-corrected chi connectivity index (χ3v) is 4.60. The summed E-state index contributed by atoms with van der Waals surface area (Å²) in [5, 5.41) is 2.19. The van der Waals surface area contributed by atoms with E-state index in [2.05, 4.69) is 24.4 Å². The van der Waals surface area contributed by atoms with E-state index in [1.807, 2.05) is 30.0 Å². The lowest BCUT2D eigenvalue weighted by molar-refractivity contribution is -0.691. The molecule has 5 nitrogen and oxygen atoms in total. The van der Waals surface area contributed by atoms with Gasteiger partial charge < -0.3 is 15.0 Å². The summed E-state index contributed by atoms with van der Waals surface area (Å²) in [6.07, 6.45) is 2.20. The summed E-state index contributed by atoms with van der Waals surface area (Å²) in [6, 6.07) is 10.6. The van der Waals surface area contributed by atoms with Crippen LogP contribution >= 0.6 is 0 Å². The van der Waals surface area contributed by atoms with E-state index < -0.39 is 0 Å². The molecule has 0 aromatic heterocycles. The second-order valence-electron chi connectivity index (χ2n) is 6.40. The van der Waals surface area contributed by atoms with Gasteiger partial charge in [-0.25, -0.2) is 0 Å². The Hall–Kier alpha value is -1.88. The average Bonchev–Trinajstić information content (AvgIpc) is 2.62. The van der Waals surface area contributed by atoms with Gasteiger partial charge in [-0.05, 0) is 26.7 Å². The molecule has 0 radical (unpaired) electrons. The molecule has 0 saturated carbocycles. The summed E-state index contributed by atoms with van der Waals surface area (Å²) < 4.78 is 5.09. The highest BCUT2D eigenvalue weighted by molar-refractivity contribution is 5.78. The van der Waals surface area contributed by atoms with Crippen molar-refractivity contribution in [3.63, 3.8) is 0 Å². The van der Waals surface area contributed by atoms with E-state index in [0.717, 1.165) is 25.9 Å². The zero-order valence-corrected chi connectivity index (χ0v) is 14.7. The molecule has 2 N–H and O–H groups in total. The minimum atomic E-state index is -0.167. The molecular formula is C19H29N2O3+. The normalized spacial score (nSPS) is 18.9. The number of quaternary nitrogens is 1. The van der Waals surface area contributed by atoms with Crippen LogP contribution in [0.25, 0.3) is 0 Å². The van der Waals surface area contributed by atoms with Gasteiger partial charge in [0.15, 0.2) is 0 Å². The smallest absolute Gasteiger partial charge is 0.310 e. The van der Waals surface area contributed by atoms with Crippen LogP contribution in [-0.2, 0) is 14.3 Å². The minimum absolute atomic E-state index is 0.139. The number of rotatable bonds is 7. The predicted molar refractivity (Wildman–Crippen MR) is 92.2 cm³/mol. The van der Waals surface area contributed by atoms with Gasteiger partial charge in [0.25, 0.3) is 0 Å². The van der Waals surface area contributed by atoms with Crippen LogP contribution < -0.4 is 5.32 Å². The maximum atomic E-state index is 12.4. The van der Waals surface area contributed by atoms with Crippen molar-refractivity contribution in [2.75, 3.05) is 26.2 Å². The molecule has 1 aliphatic heterocycles. The number of nitrogens with zero attached hydrogens (tertiary/aromatic N) is 1. The average molecular weight is 333 g/mol. The summed E-state index contributed by atoms with van der Waals surface area (Å²) in [6.45, 7) is 6.38. The number of amides is 1. The van der Waals surface area contributed by atoms with Gasteiger partial charge in [0, 0.05) is 18.7 Å². The van der Waals surface area contributed by atoms with Gasteiger partial charge in [-0.3, -0.25) is 9.59 Å². The molecule has 1 aromatic carbocycles. The van der Waals surface area contributed by atoms with Crippen LogP contribution in [-0.4, -0.2) is 43.0 Å². The van der Waals surface area contributed by atoms with Crippen LogP contribution in [0.5, 0.6) is 0 Å². The van der Waals surface area contributed by atoms with Gasteiger partial charge in [-0.15, -0.1) is 0 Å². The number of likely N-dealkylation sites (tertiary alicyclic amines) is 1. The highest BCUT2D eigenvalue weighted by Gasteiger charge is 2.29. The zero-order chi connectivity index (χ0) is 17.4. The molecule has 132 valence electrons. The van der Waals surface area contributed by atoms with E-state index in [1.165, 1.54) is 5.56 Å². The van der Waals surface area contributed by atoms with E-state index >= 15 is 0 Å². The van der Waals surface area contributed by atoms with Crippen molar-refractivity contribution in [3.8, 4) is 0 Å². The van der Waals surface area contributed by atoms with Gasteiger partial charge in [0.2, 0.25) is 5.91 Å². The second kappa shape index (κ2) is 9.42. The first-order valence-corrected chi connectivity index (χ1v) is 8.94. The lowest BCUT2D eigenvalue weighted by atomic mass is 9.98.